The molecule has 1 N–H and O–H groups in total. The Bertz CT molecular complexity index is 1170. The molecule has 2 heterocycles. The van der Waals surface area contributed by atoms with Gasteiger partial charge in [0.15, 0.2) is 0 Å². The maximum absolute atomic E-state index is 12.2. The van der Waals surface area contributed by atoms with E-state index in [2.05, 4.69) is 40.0 Å². The van der Waals surface area contributed by atoms with Crippen molar-refractivity contribution in [3.8, 4) is 5.75 Å². The quantitative estimate of drug-likeness (QED) is 0.338. The molecule has 0 atom stereocenters. The fourth-order valence-corrected chi connectivity index (χ4v) is 3.85. The lowest BCUT2D eigenvalue weighted by Gasteiger charge is -2.11. The number of para-hydroxylation sites is 2. The largest absolute Gasteiger partial charge is 0.494 e. The van der Waals surface area contributed by atoms with Crippen LogP contribution in [0.4, 0.5) is 0 Å². The molecule has 0 bridgehead atoms. The average Bonchev–Trinajstić information content (AvgIpc) is 3.22. The number of aryl methyl sites for hydroxylation is 3. The number of hydrogen-bond acceptors (Lipinski definition) is 4. The second-order valence-electron chi connectivity index (χ2n) is 7.97. The van der Waals surface area contributed by atoms with E-state index >= 15 is 0 Å². The summed E-state index contributed by atoms with van der Waals surface area (Å²) in [6, 6.07) is 20.1. The summed E-state index contributed by atoms with van der Waals surface area (Å²) in [7, 11) is 0. The van der Waals surface area contributed by atoms with E-state index in [1.807, 2.05) is 30.3 Å². The topological polar surface area (TPSA) is 69.0 Å². The van der Waals surface area contributed by atoms with E-state index in [4.69, 9.17) is 9.72 Å². The van der Waals surface area contributed by atoms with E-state index in [0.29, 0.717) is 18.7 Å². The number of aromatic nitrogens is 3. The van der Waals surface area contributed by atoms with Gasteiger partial charge < -0.3 is 14.6 Å². The molecule has 0 unspecified atom stereocenters. The first-order valence-corrected chi connectivity index (χ1v) is 11.6. The Kier molecular flexibility index (Phi) is 7.69. The normalized spacial score (nSPS) is 10.9. The van der Waals surface area contributed by atoms with Crippen LogP contribution in [0.2, 0.25) is 0 Å². The first kappa shape index (κ1) is 22.5. The molecule has 0 spiro atoms. The summed E-state index contributed by atoms with van der Waals surface area (Å²) in [5, 5.41) is 2.97. The minimum Gasteiger partial charge on any atom is -0.494 e. The van der Waals surface area contributed by atoms with Crippen LogP contribution < -0.4 is 10.1 Å². The molecule has 2 aromatic carbocycles. The van der Waals surface area contributed by atoms with E-state index in [1.54, 1.807) is 24.5 Å². The Balaban J connectivity index is 1.31. The fourth-order valence-electron chi connectivity index (χ4n) is 3.85. The standard InChI is InChI=1S/C27H30N4O2/c1-2-21-12-14-23(15-13-21)33-19-7-18-31-25-10-4-3-9-24(25)30-26(31)11-6-17-29-27(32)22-8-5-16-28-20-22/h3-5,8-10,12-16,20H,2,6-7,11,17-19H2,1H3,(H,29,32). The van der Waals surface area contributed by atoms with Crippen molar-refractivity contribution >= 4 is 16.9 Å². The Labute approximate surface area is 194 Å². The predicted molar refractivity (Wildman–Crippen MR) is 131 cm³/mol. The number of amides is 1. The van der Waals surface area contributed by atoms with Crippen LogP contribution in [-0.2, 0) is 19.4 Å². The zero-order valence-electron chi connectivity index (χ0n) is 19.0. The van der Waals surface area contributed by atoms with Gasteiger partial charge in [0.05, 0.1) is 23.2 Å². The van der Waals surface area contributed by atoms with Gasteiger partial charge in [-0.1, -0.05) is 31.2 Å². The second kappa shape index (κ2) is 11.3. The van der Waals surface area contributed by atoms with E-state index in [1.165, 1.54) is 5.56 Å². The molecule has 0 radical (unpaired) electrons. The summed E-state index contributed by atoms with van der Waals surface area (Å²) < 4.78 is 8.22. The fraction of sp³-hybridized carbons (Fsp3) is 0.296. The molecule has 1 amide bonds. The lowest BCUT2D eigenvalue weighted by molar-refractivity contribution is 0.0952. The molecule has 4 aromatic rings. The molecule has 2 aromatic heterocycles. The third-order valence-electron chi connectivity index (χ3n) is 5.65. The van der Waals surface area contributed by atoms with Crippen LogP contribution in [0.15, 0.2) is 73.1 Å². The summed E-state index contributed by atoms with van der Waals surface area (Å²) in [5.41, 5.74) is 4.03. The number of fused-ring (bicyclic) bond motifs is 1. The minimum atomic E-state index is -0.0966. The zero-order chi connectivity index (χ0) is 22.9. The van der Waals surface area contributed by atoms with Crippen molar-refractivity contribution in [3.63, 3.8) is 0 Å². The highest BCUT2D eigenvalue weighted by molar-refractivity contribution is 5.93. The van der Waals surface area contributed by atoms with Crippen LogP contribution in [0, 0.1) is 0 Å². The van der Waals surface area contributed by atoms with Crippen molar-refractivity contribution < 1.29 is 9.53 Å². The molecule has 0 saturated heterocycles. The van der Waals surface area contributed by atoms with Gasteiger partial charge in [-0.05, 0) is 61.2 Å². The average molecular weight is 443 g/mol. The van der Waals surface area contributed by atoms with Gasteiger partial charge in [0, 0.05) is 31.9 Å². The van der Waals surface area contributed by atoms with Crippen molar-refractivity contribution in [2.24, 2.45) is 0 Å². The number of ether oxygens (including phenoxy) is 1. The Hall–Kier alpha value is -3.67. The molecule has 6 heteroatoms. The molecule has 170 valence electrons. The predicted octanol–water partition coefficient (Wildman–Crippen LogP) is 4.83. The number of carbonyl (C=O) groups is 1. The van der Waals surface area contributed by atoms with Crippen LogP contribution in [0.3, 0.4) is 0 Å². The van der Waals surface area contributed by atoms with Gasteiger partial charge in [0.2, 0.25) is 0 Å². The van der Waals surface area contributed by atoms with Gasteiger partial charge in [0.25, 0.3) is 5.91 Å². The van der Waals surface area contributed by atoms with Gasteiger partial charge >= 0.3 is 0 Å². The molecule has 6 nitrogen and oxygen atoms in total. The van der Waals surface area contributed by atoms with Gasteiger partial charge in [-0.2, -0.15) is 0 Å². The molecule has 4 rings (SSSR count). The Morgan fingerprint density at radius 1 is 1.03 bits per heavy atom. The van der Waals surface area contributed by atoms with E-state index in [9.17, 15) is 4.79 Å². The van der Waals surface area contributed by atoms with Gasteiger partial charge in [-0.25, -0.2) is 4.98 Å². The number of pyridine rings is 1. The number of hydrogen-bond donors (Lipinski definition) is 1. The number of nitrogens with zero attached hydrogens (tertiary/aromatic N) is 3. The van der Waals surface area contributed by atoms with Crippen LogP contribution in [0.5, 0.6) is 5.75 Å². The molecular weight excluding hydrogens is 412 g/mol. The zero-order valence-corrected chi connectivity index (χ0v) is 19.0. The van der Waals surface area contributed by atoms with E-state index < -0.39 is 0 Å². The monoisotopic (exact) mass is 442 g/mol. The van der Waals surface area contributed by atoms with Crippen LogP contribution in [0.25, 0.3) is 11.0 Å². The Morgan fingerprint density at radius 3 is 2.67 bits per heavy atom. The maximum atomic E-state index is 12.2. The molecule has 33 heavy (non-hydrogen) atoms. The second-order valence-corrected chi connectivity index (χ2v) is 7.97. The van der Waals surface area contributed by atoms with Crippen LogP contribution >= 0.6 is 0 Å². The van der Waals surface area contributed by atoms with Crippen molar-refractivity contribution in [2.75, 3.05) is 13.2 Å². The molecular formula is C27H30N4O2. The van der Waals surface area contributed by atoms with Crippen LogP contribution in [-0.4, -0.2) is 33.6 Å². The number of rotatable bonds is 11. The van der Waals surface area contributed by atoms with Crippen LogP contribution in [0.1, 0.15) is 41.5 Å². The third kappa shape index (κ3) is 5.98. The molecule has 0 fully saturated rings. The molecule has 0 aliphatic carbocycles. The van der Waals surface area contributed by atoms with E-state index in [0.717, 1.165) is 54.8 Å². The molecule has 0 aliphatic rings. The van der Waals surface area contributed by atoms with Crippen molar-refractivity contribution in [1.29, 1.82) is 0 Å². The Morgan fingerprint density at radius 2 is 1.88 bits per heavy atom. The first-order valence-electron chi connectivity index (χ1n) is 11.6. The third-order valence-corrected chi connectivity index (χ3v) is 5.65. The smallest absolute Gasteiger partial charge is 0.252 e. The van der Waals surface area contributed by atoms with Crippen molar-refractivity contribution in [2.45, 2.75) is 39.2 Å². The summed E-state index contributed by atoms with van der Waals surface area (Å²) in [6.07, 6.45) is 6.77. The number of carbonyl (C=O) groups excluding carboxylic acids is 1. The lowest BCUT2D eigenvalue weighted by atomic mass is 10.2. The number of benzene rings is 2. The SMILES string of the molecule is CCc1ccc(OCCCn2c(CCCNC(=O)c3cccnc3)nc3ccccc32)cc1. The maximum Gasteiger partial charge on any atom is 0.252 e. The molecule has 0 aliphatic heterocycles. The summed E-state index contributed by atoms with van der Waals surface area (Å²) in [5.74, 6) is 1.85. The summed E-state index contributed by atoms with van der Waals surface area (Å²) >= 11 is 0. The molecule has 0 saturated carbocycles. The highest BCUT2D eigenvalue weighted by Crippen LogP contribution is 2.18. The lowest BCUT2D eigenvalue weighted by Crippen LogP contribution is -2.25. The number of imidazole rings is 1. The minimum absolute atomic E-state index is 0.0966. The summed E-state index contributed by atoms with van der Waals surface area (Å²) in [4.78, 5) is 21.0. The van der Waals surface area contributed by atoms with Gasteiger partial charge in [-0.15, -0.1) is 0 Å². The first-order chi connectivity index (χ1) is 16.2. The van der Waals surface area contributed by atoms with Crippen molar-refractivity contribution in [3.05, 3.63) is 90.0 Å². The summed E-state index contributed by atoms with van der Waals surface area (Å²) in [6.45, 7) is 4.23. The van der Waals surface area contributed by atoms with Gasteiger partial charge in [-0.3, -0.25) is 9.78 Å². The number of nitrogens with one attached hydrogen (secondary N) is 1. The highest BCUT2D eigenvalue weighted by atomic mass is 16.5. The highest BCUT2D eigenvalue weighted by Gasteiger charge is 2.11. The van der Waals surface area contributed by atoms with Gasteiger partial charge in [0.1, 0.15) is 11.6 Å². The van der Waals surface area contributed by atoms with E-state index in [-0.39, 0.29) is 5.91 Å². The van der Waals surface area contributed by atoms with Crippen molar-refractivity contribution in [1.82, 2.24) is 19.9 Å².